The molecule has 0 N–H and O–H groups in total. The third-order valence-electron chi connectivity index (χ3n) is 2.74. The molecule has 0 aromatic heterocycles. The molecule has 15 heavy (non-hydrogen) atoms. The smallest absolute Gasteiger partial charge is 0.225 e. The number of nitrogens with zero attached hydrogens (tertiary/aromatic N) is 1. The molecule has 0 spiro atoms. The molecule has 3 nitrogen and oxygen atoms in total. The first-order valence-corrected chi connectivity index (χ1v) is 5.08. The Hall–Kier alpha value is -1.64. The van der Waals surface area contributed by atoms with Crippen molar-refractivity contribution >= 4 is 12.2 Å². The Morgan fingerprint density at radius 2 is 2.07 bits per heavy atom. The Balaban J connectivity index is 1.99. The molecule has 1 saturated heterocycles. The summed E-state index contributed by atoms with van der Waals surface area (Å²) in [6.07, 6.45) is 1.86. The number of hydrogen-bond acceptors (Lipinski definition) is 2. The SMILES string of the molecule is O=CCC1CC(=O)N1Cc1ccccc1. The van der Waals surface area contributed by atoms with E-state index >= 15 is 0 Å². The van der Waals surface area contributed by atoms with Gasteiger partial charge in [-0.2, -0.15) is 0 Å². The van der Waals surface area contributed by atoms with Gasteiger partial charge in [0, 0.05) is 25.4 Å². The topological polar surface area (TPSA) is 37.4 Å². The first-order chi connectivity index (χ1) is 7.31. The standard InChI is InChI=1S/C12H13NO2/c14-7-6-11-8-12(15)13(11)9-10-4-2-1-3-5-10/h1-5,7,11H,6,8-9H2. The van der Waals surface area contributed by atoms with Crippen molar-refractivity contribution in [3.63, 3.8) is 0 Å². The highest BCUT2D eigenvalue weighted by Gasteiger charge is 2.35. The zero-order valence-electron chi connectivity index (χ0n) is 8.43. The maximum Gasteiger partial charge on any atom is 0.225 e. The molecule has 0 aliphatic carbocycles. The van der Waals surface area contributed by atoms with Crippen LogP contribution >= 0.6 is 0 Å². The molecule has 0 radical (unpaired) electrons. The second-order valence-corrected chi connectivity index (χ2v) is 3.77. The Labute approximate surface area is 88.7 Å². The second-order valence-electron chi connectivity index (χ2n) is 3.77. The summed E-state index contributed by atoms with van der Waals surface area (Å²) >= 11 is 0. The summed E-state index contributed by atoms with van der Waals surface area (Å²) in [5.41, 5.74) is 1.11. The van der Waals surface area contributed by atoms with Crippen LogP contribution < -0.4 is 0 Å². The number of amides is 1. The van der Waals surface area contributed by atoms with E-state index in [9.17, 15) is 9.59 Å². The van der Waals surface area contributed by atoms with Gasteiger partial charge < -0.3 is 9.69 Å². The van der Waals surface area contributed by atoms with Gasteiger partial charge in [0.05, 0.1) is 0 Å². The zero-order valence-corrected chi connectivity index (χ0v) is 8.43. The minimum atomic E-state index is 0.121. The van der Waals surface area contributed by atoms with E-state index < -0.39 is 0 Å². The van der Waals surface area contributed by atoms with Gasteiger partial charge in [-0.3, -0.25) is 4.79 Å². The maximum absolute atomic E-state index is 11.3. The third kappa shape index (κ3) is 2.06. The Kier molecular flexibility index (Phi) is 2.81. The summed E-state index contributed by atoms with van der Waals surface area (Å²) < 4.78 is 0. The molecule has 1 aliphatic rings. The van der Waals surface area contributed by atoms with E-state index in [0.717, 1.165) is 11.8 Å². The predicted octanol–water partition coefficient (Wildman–Crippen LogP) is 1.38. The fraction of sp³-hybridized carbons (Fsp3) is 0.333. The lowest BCUT2D eigenvalue weighted by molar-refractivity contribution is -0.147. The summed E-state index contributed by atoms with van der Waals surface area (Å²) in [7, 11) is 0. The summed E-state index contributed by atoms with van der Waals surface area (Å²) in [5.74, 6) is 0.144. The molecule has 0 bridgehead atoms. The molecule has 3 heteroatoms. The number of hydrogen-bond donors (Lipinski definition) is 0. The summed E-state index contributed by atoms with van der Waals surface area (Å²) in [6, 6.07) is 9.95. The van der Waals surface area contributed by atoms with Crippen molar-refractivity contribution in [2.75, 3.05) is 0 Å². The highest BCUT2D eigenvalue weighted by molar-refractivity contribution is 5.84. The summed E-state index contributed by atoms with van der Waals surface area (Å²) in [6.45, 7) is 0.623. The van der Waals surface area contributed by atoms with Crippen LogP contribution in [0.15, 0.2) is 30.3 Å². The Morgan fingerprint density at radius 1 is 1.33 bits per heavy atom. The van der Waals surface area contributed by atoms with Crippen LogP contribution in [0, 0.1) is 0 Å². The van der Waals surface area contributed by atoms with Crippen LogP contribution in [-0.2, 0) is 16.1 Å². The molecule has 1 atom stereocenters. The molecule has 1 amide bonds. The van der Waals surface area contributed by atoms with E-state index in [1.807, 2.05) is 30.3 Å². The molecule has 1 aromatic rings. The lowest BCUT2D eigenvalue weighted by Gasteiger charge is -2.39. The first kappa shape index (κ1) is 9.90. The number of carbonyl (C=O) groups is 2. The molecule has 2 rings (SSSR count). The van der Waals surface area contributed by atoms with Crippen molar-refractivity contribution in [2.24, 2.45) is 0 Å². The van der Waals surface area contributed by atoms with E-state index in [1.165, 1.54) is 0 Å². The number of β-lactam (4-membered cyclic amide) rings is 1. The largest absolute Gasteiger partial charge is 0.334 e. The minimum Gasteiger partial charge on any atom is -0.334 e. The molecule has 1 unspecified atom stereocenters. The highest BCUT2D eigenvalue weighted by Crippen LogP contribution is 2.23. The number of carbonyl (C=O) groups excluding carboxylic acids is 2. The monoisotopic (exact) mass is 203 g/mol. The van der Waals surface area contributed by atoms with Crippen LogP contribution in [0.1, 0.15) is 18.4 Å². The van der Waals surface area contributed by atoms with Crippen molar-refractivity contribution in [3.8, 4) is 0 Å². The van der Waals surface area contributed by atoms with E-state index in [1.54, 1.807) is 4.90 Å². The van der Waals surface area contributed by atoms with Crippen LogP contribution in [0.3, 0.4) is 0 Å². The van der Waals surface area contributed by atoms with Crippen LogP contribution in [0.25, 0.3) is 0 Å². The van der Waals surface area contributed by atoms with E-state index in [4.69, 9.17) is 0 Å². The van der Waals surface area contributed by atoms with Crippen molar-refractivity contribution in [2.45, 2.75) is 25.4 Å². The average molecular weight is 203 g/mol. The summed E-state index contributed by atoms with van der Waals surface area (Å²) in [4.78, 5) is 23.5. The Bertz CT molecular complexity index is 359. The Morgan fingerprint density at radius 3 is 2.67 bits per heavy atom. The van der Waals surface area contributed by atoms with Crippen LogP contribution in [-0.4, -0.2) is 23.1 Å². The normalized spacial score (nSPS) is 19.9. The molecule has 1 aromatic carbocycles. The van der Waals surface area contributed by atoms with Gasteiger partial charge in [-0.05, 0) is 5.56 Å². The van der Waals surface area contributed by atoms with Crippen LogP contribution in [0.4, 0.5) is 0 Å². The van der Waals surface area contributed by atoms with E-state index in [-0.39, 0.29) is 11.9 Å². The predicted molar refractivity (Wildman–Crippen MR) is 56.1 cm³/mol. The van der Waals surface area contributed by atoms with Crippen molar-refractivity contribution in [1.82, 2.24) is 4.90 Å². The molecule has 78 valence electrons. The van der Waals surface area contributed by atoms with Gasteiger partial charge in [0.1, 0.15) is 6.29 Å². The first-order valence-electron chi connectivity index (χ1n) is 5.08. The zero-order chi connectivity index (χ0) is 10.7. The lowest BCUT2D eigenvalue weighted by atomic mass is 9.98. The molecule has 1 aliphatic heterocycles. The fourth-order valence-corrected chi connectivity index (χ4v) is 1.84. The quantitative estimate of drug-likeness (QED) is 0.547. The van der Waals surface area contributed by atoms with E-state index in [0.29, 0.717) is 19.4 Å². The summed E-state index contributed by atoms with van der Waals surface area (Å²) in [5, 5.41) is 0. The van der Waals surface area contributed by atoms with Crippen molar-refractivity contribution < 1.29 is 9.59 Å². The lowest BCUT2D eigenvalue weighted by Crippen LogP contribution is -2.51. The second kappa shape index (κ2) is 4.26. The fourth-order valence-electron chi connectivity index (χ4n) is 1.84. The van der Waals surface area contributed by atoms with Gasteiger partial charge in [-0.15, -0.1) is 0 Å². The molecular formula is C12H13NO2. The number of benzene rings is 1. The van der Waals surface area contributed by atoms with Crippen molar-refractivity contribution in [1.29, 1.82) is 0 Å². The van der Waals surface area contributed by atoms with Crippen LogP contribution in [0.2, 0.25) is 0 Å². The van der Waals surface area contributed by atoms with Gasteiger partial charge in [-0.25, -0.2) is 0 Å². The minimum absolute atomic E-state index is 0.121. The molecule has 1 heterocycles. The molecule has 1 fully saturated rings. The van der Waals surface area contributed by atoms with Gasteiger partial charge >= 0.3 is 0 Å². The number of aldehydes is 1. The van der Waals surface area contributed by atoms with Crippen molar-refractivity contribution in [3.05, 3.63) is 35.9 Å². The highest BCUT2D eigenvalue weighted by atomic mass is 16.2. The van der Waals surface area contributed by atoms with Gasteiger partial charge in [0.2, 0.25) is 5.91 Å². The van der Waals surface area contributed by atoms with Crippen LogP contribution in [0.5, 0.6) is 0 Å². The number of likely N-dealkylation sites (tertiary alicyclic amines) is 1. The molecular weight excluding hydrogens is 190 g/mol. The van der Waals surface area contributed by atoms with Gasteiger partial charge in [0.25, 0.3) is 0 Å². The average Bonchev–Trinajstić information content (AvgIpc) is 2.27. The van der Waals surface area contributed by atoms with E-state index in [2.05, 4.69) is 0 Å². The van der Waals surface area contributed by atoms with Gasteiger partial charge in [0.15, 0.2) is 0 Å². The maximum atomic E-state index is 11.3. The number of rotatable bonds is 4. The molecule has 0 saturated carbocycles. The van der Waals surface area contributed by atoms with Gasteiger partial charge in [-0.1, -0.05) is 30.3 Å². The third-order valence-corrected chi connectivity index (χ3v) is 2.74.